The summed E-state index contributed by atoms with van der Waals surface area (Å²) in [5, 5.41) is 15.9. The van der Waals surface area contributed by atoms with E-state index in [4.69, 9.17) is 9.47 Å². The molecule has 8 nitrogen and oxygen atoms in total. The van der Waals surface area contributed by atoms with Crippen molar-refractivity contribution in [2.45, 2.75) is 0 Å². The Balaban J connectivity index is 1.76. The van der Waals surface area contributed by atoms with E-state index in [0.29, 0.717) is 5.13 Å². The normalized spacial score (nSPS) is 10.3. The van der Waals surface area contributed by atoms with E-state index in [9.17, 15) is 14.9 Å². The predicted molar refractivity (Wildman–Crippen MR) is 102 cm³/mol. The summed E-state index contributed by atoms with van der Waals surface area (Å²) in [5.74, 6) is 0.333. The van der Waals surface area contributed by atoms with E-state index in [1.807, 2.05) is 29.6 Å². The third-order valence-electron chi connectivity index (χ3n) is 3.75. The zero-order valence-corrected chi connectivity index (χ0v) is 15.3. The summed E-state index contributed by atoms with van der Waals surface area (Å²) in [7, 11) is 2.91. The van der Waals surface area contributed by atoms with Crippen molar-refractivity contribution < 1.29 is 19.2 Å². The van der Waals surface area contributed by atoms with Crippen molar-refractivity contribution >= 4 is 28.1 Å². The van der Waals surface area contributed by atoms with Gasteiger partial charge >= 0.3 is 5.69 Å². The molecule has 2 aromatic carbocycles. The minimum Gasteiger partial charge on any atom is -0.497 e. The van der Waals surface area contributed by atoms with E-state index < -0.39 is 10.8 Å². The van der Waals surface area contributed by atoms with Crippen LogP contribution in [0.5, 0.6) is 11.5 Å². The summed E-state index contributed by atoms with van der Waals surface area (Å²) in [6.07, 6.45) is 0. The van der Waals surface area contributed by atoms with Gasteiger partial charge in [-0.25, -0.2) is 4.98 Å². The Hall–Kier alpha value is -3.46. The van der Waals surface area contributed by atoms with Gasteiger partial charge in [-0.15, -0.1) is 11.3 Å². The van der Waals surface area contributed by atoms with Crippen LogP contribution in [0.15, 0.2) is 47.8 Å². The highest BCUT2D eigenvalue weighted by Crippen LogP contribution is 2.29. The van der Waals surface area contributed by atoms with Gasteiger partial charge in [0.15, 0.2) is 10.9 Å². The quantitative estimate of drug-likeness (QED) is 0.508. The van der Waals surface area contributed by atoms with Gasteiger partial charge in [0.1, 0.15) is 5.75 Å². The fourth-order valence-corrected chi connectivity index (χ4v) is 3.08. The first-order chi connectivity index (χ1) is 13.0. The van der Waals surface area contributed by atoms with E-state index in [1.165, 1.54) is 36.6 Å². The molecule has 1 aromatic heterocycles. The Morgan fingerprint density at radius 3 is 2.52 bits per heavy atom. The Morgan fingerprint density at radius 1 is 1.15 bits per heavy atom. The predicted octanol–water partition coefficient (Wildman–Crippen LogP) is 3.99. The highest BCUT2D eigenvalue weighted by Gasteiger charge is 2.18. The maximum atomic E-state index is 12.4. The number of amides is 1. The lowest BCUT2D eigenvalue weighted by molar-refractivity contribution is -0.385. The van der Waals surface area contributed by atoms with E-state index in [0.717, 1.165) is 17.0 Å². The van der Waals surface area contributed by atoms with Crippen molar-refractivity contribution in [3.63, 3.8) is 0 Å². The van der Waals surface area contributed by atoms with Gasteiger partial charge in [0.05, 0.1) is 24.8 Å². The Labute approximate surface area is 158 Å². The number of nitro groups is 1. The second-order valence-corrected chi connectivity index (χ2v) is 6.22. The van der Waals surface area contributed by atoms with Crippen LogP contribution in [0.25, 0.3) is 11.3 Å². The lowest BCUT2D eigenvalue weighted by atomic mass is 10.1. The smallest absolute Gasteiger partial charge is 0.310 e. The summed E-state index contributed by atoms with van der Waals surface area (Å²) in [4.78, 5) is 27.2. The average Bonchev–Trinajstić information content (AvgIpc) is 3.15. The molecule has 0 aliphatic carbocycles. The molecule has 0 aliphatic heterocycles. The van der Waals surface area contributed by atoms with Crippen LogP contribution in [-0.4, -0.2) is 30.0 Å². The van der Waals surface area contributed by atoms with Crippen molar-refractivity contribution in [2.75, 3.05) is 19.5 Å². The second kappa shape index (κ2) is 7.83. The van der Waals surface area contributed by atoms with Crippen molar-refractivity contribution in [3.05, 3.63) is 63.5 Å². The van der Waals surface area contributed by atoms with E-state index in [-0.39, 0.29) is 17.0 Å². The minimum absolute atomic E-state index is 0.0192. The Morgan fingerprint density at radius 2 is 1.89 bits per heavy atom. The highest BCUT2D eigenvalue weighted by molar-refractivity contribution is 7.14. The van der Waals surface area contributed by atoms with Gasteiger partial charge in [-0.3, -0.25) is 20.2 Å². The van der Waals surface area contributed by atoms with Crippen LogP contribution in [0.4, 0.5) is 10.8 Å². The van der Waals surface area contributed by atoms with Crippen molar-refractivity contribution in [2.24, 2.45) is 0 Å². The zero-order valence-electron chi connectivity index (χ0n) is 14.5. The molecule has 0 bridgehead atoms. The van der Waals surface area contributed by atoms with Gasteiger partial charge in [0.25, 0.3) is 5.91 Å². The van der Waals surface area contributed by atoms with Crippen LogP contribution in [0.1, 0.15) is 10.4 Å². The molecule has 0 saturated heterocycles. The van der Waals surface area contributed by atoms with Crippen molar-refractivity contribution in [1.29, 1.82) is 0 Å². The SMILES string of the molecule is COc1ccc(-c2csc(NC(=O)c3ccc([N+](=O)[O-])c(OC)c3)n2)cc1. The van der Waals surface area contributed by atoms with Gasteiger partial charge < -0.3 is 9.47 Å². The van der Waals surface area contributed by atoms with E-state index >= 15 is 0 Å². The topological polar surface area (TPSA) is 104 Å². The first-order valence-corrected chi connectivity index (χ1v) is 8.63. The number of carbonyl (C=O) groups is 1. The van der Waals surface area contributed by atoms with Crippen molar-refractivity contribution in [3.8, 4) is 22.8 Å². The van der Waals surface area contributed by atoms with Crippen molar-refractivity contribution in [1.82, 2.24) is 4.98 Å². The lowest BCUT2D eigenvalue weighted by Gasteiger charge is -2.05. The molecule has 0 saturated carbocycles. The number of thiazole rings is 1. The fourth-order valence-electron chi connectivity index (χ4n) is 2.36. The summed E-state index contributed by atoms with van der Waals surface area (Å²) in [6, 6.07) is 11.3. The molecular formula is C18H15N3O5S. The van der Waals surface area contributed by atoms with Crippen LogP contribution in [0.2, 0.25) is 0 Å². The summed E-state index contributed by atoms with van der Waals surface area (Å²) < 4.78 is 10.1. The number of ether oxygens (including phenoxy) is 2. The number of hydrogen-bond donors (Lipinski definition) is 1. The molecule has 0 radical (unpaired) electrons. The molecule has 9 heteroatoms. The molecule has 0 spiro atoms. The molecular weight excluding hydrogens is 370 g/mol. The molecule has 1 N–H and O–H groups in total. The number of nitrogens with one attached hydrogen (secondary N) is 1. The molecule has 0 aliphatic rings. The van der Waals surface area contributed by atoms with Crippen LogP contribution in [-0.2, 0) is 0 Å². The first kappa shape index (κ1) is 18.3. The number of nitro benzene ring substituents is 1. The van der Waals surface area contributed by atoms with Gasteiger partial charge in [-0.2, -0.15) is 0 Å². The first-order valence-electron chi connectivity index (χ1n) is 7.75. The maximum absolute atomic E-state index is 12.4. The number of rotatable bonds is 6. The molecule has 138 valence electrons. The Bertz CT molecular complexity index is 985. The summed E-state index contributed by atoms with van der Waals surface area (Å²) in [6.45, 7) is 0. The Kier molecular flexibility index (Phi) is 5.32. The molecule has 1 amide bonds. The molecule has 27 heavy (non-hydrogen) atoms. The third-order valence-corrected chi connectivity index (χ3v) is 4.51. The standard InChI is InChI=1S/C18H15N3O5S/c1-25-13-6-3-11(4-7-13)14-10-27-18(19-14)20-17(22)12-5-8-15(21(23)24)16(9-12)26-2/h3-10H,1-2H3,(H,19,20,22). The van der Waals surface area contributed by atoms with E-state index in [2.05, 4.69) is 10.3 Å². The number of benzene rings is 2. The average molecular weight is 385 g/mol. The maximum Gasteiger partial charge on any atom is 0.310 e. The molecule has 1 heterocycles. The highest BCUT2D eigenvalue weighted by atomic mass is 32.1. The zero-order chi connectivity index (χ0) is 19.4. The van der Waals surface area contributed by atoms with Gasteiger partial charge in [-0.05, 0) is 30.3 Å². The molecule has 3 rings (SSSR count). The fraction of sp³-hybridized carbons (Fsp3) is 0.111. The third kappa shape index (κ3) is 4.04. The van der Waals surface area contributed by atoms with E-state index in [1.54, 1.807) is 7.11 Å². The van der Waals surface area contributed by atoms with Gasteiger partial charge in [0.2, 0.25) is 0 Å². The van der Waals surface area contributed by atoms with Gasteiger partial charge in [0, 0.05) is 28.6 Å². The van der Waals surface area contributed by atoms with Crippen LogP contribution < -0.4 is 14.8 Å². The monoisotopic (exact) mass is 385 g/mol. The number of nitrogens with zero attached hydrogens (tertiary/aromatic N) is 2. The van der Waals surface area contributed by atoms with Crippen LogP contribution in [0.3, 0.4) is 0 Å². The molecule has 0 atom stereocenters. The summed E-state index contributed by atoms with van der Waals surface area (Å²) in [5.41, 5.74) is 1.65. The molecule has 3 aromatic rings. The largest absolute Gasteiger partial charge is 0.497 e. The van der Waals surface area contributed by atoms with Crippen LogP contribution in [0, 0.1) is 10.1 Å². The number of carbonyl (C=O) groups excluding carboxylic acids is 1. The number of anilines is 1. The van der Waals surface area contributed by atoms with Gasteiger partial charge in [-0.1, -0.05) is 0 Å². The number of methoxy groups -OCH3 is 2. The number of hydrogen-bond acceptors (Lipinski definition) is 7. The minimum atomic E-state index is -0.567. The lowest BCUT2D eigenvalue weighted by Crippen LogP contribution is -2.12. The molecule has 0 unspecified atom stereocenters. The molecule has 0 fully saturated rings. The second-order valence-electron chi connectivity index (χ2n) is 5.36. The summed E-state index contributed by atoms with van der Waals surface area (Å²) >= 11 is 1.28. The van der Waals surface area contributed by atoms with Crippen LogP contribution >= 0.6 is 11.3 Å². The number of aromatic nitrogens is 1.